The third-order valence-corrected chi connectivity index (χ3v) is 2.99. The van der Waals surface area contributed by atoms with Crippen LogP contribution in [0, 0.1) is 26.6 Å². The van der Waals surface area contributed by atoms with Gasteiger partial charge in [0, 0.05) is 17.0 Å². The van der Waals surface area contributed by atoms with Gasteiger partial charge >= 0.3 is 0 Å². The van der Waals surface area contributed by atoms with Crippen LogP contribution in [0.15, 0.2) is 18.5 Å². The molecule has 1 heterocycles. The van der Waals surface area contributed by atoms with Gasteiger partial charge in [0.1, 0.15) is 6.33 Å². The molecule has 2 rings (SSSR count). The molecule has 0 aliphatic rings. The Balaban J connectivity index is 2.68. The van der Waals surface area contributed by atoms with Crippen LogP contribution in [0.5, 0.6) is 5.75 Å². The van der Waals surface area contributed by atoms with E-state index in [1.54, 1.807) is 6.07 Å². The molecule has 0 bridgehead atoms. The van der Waals surface area contributed by atoms with Crippen LogP contribution >= 0.6 is 0 Å². The fraction of sp³-hybridized carbons (Fsp3) is 0.286. The van der Waals surface area contributed by atoms with E-state index in [9.17, 15) is 4.39 Å². The first-order valence-electron chi connectivity index (χ1n) is 5.67. The van der Waals surface area contributed by atoms with Gasteiger partial charge in [-0.25, -0.2) is 14.4 Å². The number of rotatable bonds is 2. The van der Waals surface area contributed by atoms with Crippen LogP contribution in [0.25, 0.3) is 11.1 Å². The van der Waals surface area contributed by atoms with Gasteiger partial charge in [-0.3, -0.25) is 0 Å². The topological polar surface area (TPSA) is 35.0 Å². The maximum absolute atomic E-state index is 13.8. The molecule has 0 unspecified atom stereocenters. The van der Waals surface area contributed by atoms with E-state index in [-0.39, 0.29) is 11.6 Å². The number of ether oxygens (including phenoxy) is 1. The first-order chi connectivity index (χ1) is 8.54. The Morgan fingerprint density at radius 3 is 2.22 bits per heavy atom. The number of methoxy groups -OCH3 is 1. The molecule has 4 heteroatoms. The van der Waals surface area contributed by atoms with E-state index < -0.39 is 0 Å². The zero-order chi connectivity index (χ0) is 13.3. The second-order valence-electron chi connectivity index (χ2n) is 4.22. The lowest BCUT2D eigenvalue weighted by Crippen LogP contribution is -1.98. The van der Waals surface area contributed by atoms with Gasteiger partial charge in [-0.2, -0.15) is 0 Å². The molecule has 0 radical (unpaired) electrons. The molecule has 1 aromatic carbocycles. The van der Waals surface area contributed by atoms with Gasteiger partial charge in [0.25, 0.3) is 0 Å². The number of aromatic nitrogens is 2. The van der Waals surface area contributed by atoms with Crippen LogP contribution < -0.4 is 4.74 Å². The highest BCUT2D eigenvalue weighted by Gasteiger charge is 2.14. The maximum Gasteiger partial charge on any atom is 0.165 e. The minimum Gasteiger partial charge on any atom is -0.494 e. The fourth-order valence-electron chi connectivity index (χ4n) is 2.06. The van der Waals surface area contributed by atoms with Crippen molar-refractivity contribution < 1.29 is 9.13 Å². The summed E-state index contributed by atoms with van der Waals surface area (Å²) in [6.45, 7) is 5.71. The standard InChI is InChI=1S/C14H15FN2O/c1-8-5-13(18-4)12(15)6-11(8)14-9(2)16-7-17-10(14)3/h5-7H,1-4H3. The van der Waals surface area contributed by atoms with E-state index in [1.165, 1.54) is 19.5 Å². The Morgan fingerprint density at radius 2 is 1.67 bits per heavy atom. The van der Waals surface area contributed by atoms with Crippen molar-refractivity contribution in [2.24, 2.45) is 0 Å². The van der Waals surface area contributed by atoms with Gasteiger partial charge in [-0.1, -0.05) is 0 Å². The van der Waals surface area contributed by atoms with Crippen LogP contribution in [-0.2, 0) is 0 Å². The van der Waals surface area contributed by atoms with Crippen molar-refractivity contribution in [3.63, 3.8) is 0 Å². The molecule has 0 atom stereocenters. The van der Waals surface area contributed by atoms with E-state index in [1.807, 2.05) is 20.8 Å². The van der Waals surface area contributed by atoms with E-state index >= 15 is 0 Å². The smallest absolute Gasteiger partial charge is 0.165 e. The average molecular weight is 246 g/mol. The van der Waals surface area contributed by atoms with Crippen molar-refractivity contribution in [2.45, 2.75) is 20.8 Å². The summed E-state index contributed by atoms with van der Waals surface area (Å²) in [5, 5.41) is 0. The summed E-state index contributed by atoms with van der Waals surface area (Å²) in [4.78, 5) is 8.33. The highest BCUT2D eigenvalue weighted by molar-refractivity contribution is 5.72. The zero-order valence-corrected chi connectivity index (χ0v) is 10.9. The summed E-state index contributed by atoms with van der Waals surface area (Å²) in [6, 6.07) is 3.17. The minimum absolute atomic E-state index is 0.253. The van der Waals surface area contributed by atoms with Crippen LogP contribution in [0.4, 0.5) is 4.39 Å². The molecule has 0 amide bonds. The number of benzene rings is 1. The lowest BCUT2D eigenvalue weighted by atomic mass is 9.97. The molecule has 1 aromatic heterocycles. The van der Waals surface area contributed by atoms with E-state index in [4.69, 9.17) is 4.74 Å². The van der Waals surface area contributed by atoms with Crippen molar-refractivity contribution in [3.8, 4) is 16.9 Å². The van der Waals surface area contributed by atoms with Gasteiger partial charge in [0.15, 0.2) is 11.6 Å². The molecule has 94 valence electrons. The Hall–Kier alpha value is -1.97. The summed E-state index contributed by atoms with van der Waals surface area (Å²) in [6.07, 6.45) is 1.52. The Kier molecular flexibility index (Phi) is 3.28. The molecule has 0 N–H and O–H groups in total. The largest absolute Gasteiger partial charge is 0.494 e. The Labute approximate surface area is 106 Å². The quantitative estimate of drug-likeness (QED) is 0.816. The van der Waals surface area contributed by atoms with Crippen molar-refractivity contribution in [1.82, 2.24) is 9.97 Å². The molecule has 0 spiro atoms. The summed E-state index contributed by atoms with van der Waals surface area (Å²) in [5.74, 6) is -0.121. The SMILES string of the molecule is COc1cc(C)c(-c2c(C)ncnc2C)cc1F. The van der Waals surface area contributed by atoms with Gasteiger partial charge in [-0.05, 0) is 44.0 Å². The van der Waals surface area contributed by atoms with E-state index in [0.717, 1.165) is 28.1 Å². The first kappa shape index (κ1) is 12.5. The first-order valence-corrected chi connectivity index (χ1v) is 5.67. The highest BCUT2D eigenvalue weighted by atomic mass is 19.1. The van der Waals surface area contributed by atoms with E-state index in [0.29, 0.717) is 0 Å². The van der Waals surface area contributed by atoms with Crippen molar-refractivity contribution in [2.75, 3.05) is 7.11 Å². The fourth-order valence-corrected chi connectivity index (χ4v) is 2.06. The van der Waals surface area contributed by atoms with E-state index in [2.05, 4.69) is 9.97 Å². The van der Waals surface area contributed by atoms with Crippen molar-refractivity contribution in [1.29, 1.82) is 0 Å². The van der Waals surface area contributed by atoms with Crippen LogP contribution in [0.1, 0.15) is 17.0 Å². The van der Waals surface area contributed by atoms with Gasteiger partial charge in [0.2, 0.25) is 0 Å². The molecular weight excluding hydrogens is 231 g/mol. The summed E-state index contributed by atoms with van der Waals surface area (Å²) < 4.78 is 18.8. The maximum atomic E-state index is 13.8. The van der Waals surface area contributed by atoms with Crippen LogP contribution in [0.3, 0.4) is 0 Å². The molecule has 3 nitrogen and oxygen atoms in total. The average Bonchev–Trinajstić information content (AvgIpc) is 2.32. The van der Waals surface area contributed by atoms with Crippen LogP contribution in [-0.4, -0.2) is 17.1 Å². The molecule has 0 fully saturated rings. The molecule has 0 saturated heterocycles. The third-order valence-electron chi connectivity index (χ3n) is 2.99. The number of hydrogen-bond donors (Lipinski definition) is 0. The predicted molar refractivity (Wildman–Crippen MR) is 68.2 cm³/mol. The van der Waals surface area contributed by atoms with Crippen molar-refractivity contribution in [3.05, 3.63) is 41.2 Å². The molecule has 18 heavy (non-hydrogen) atoms. The lowest BCUT2D eigenvalue weighted by molar-refractivity contribution is 0.386. The summed E-state index contributed by atoms with van der Waals surface area (Å²) in [5.41, 5.74) is 4.32. The third kappa shape index (κ3) is 2.06. The molecular formula is C14H15FN2O. The number of nitrogens with zero attached hydrogens (tertiary/aromatic N) is 2. The second-order valence-corrected chi connectivity index (χ2v) is 4.22. The summed E-state index contributed by atoms with van der Waals surface area (Å²) in [7, 11) is 1.46. The molecule has 0 aliphatic carbocycles. The van der Waals surface area contributed by atoms with Gasteiger partial charge in [-0.15, -0.1) is 0 Å². The molecule has 0 aliphatic heterocycles. The monoisotopic (exact) mass is 246 g/mol. The molecule has 2 aromatic rings. The lowest BCUT2D eigenvalue weighted by Gasteiger charge is -2.13. The van der Waals surface area contributed by atoms with Gasteiger partial charge in [0.05, 0.1) is 7.11 Å². The second kappa shape index (κ2) is 4.72. The molecule has 0 saturated carbocycles. The van der Waals surface area contributed by atoms with Crippen LogP contribution in [0.2, 0.25) is 0 Å². The number of halogens is 1. The van der Waals surface area contributed by atoms with Crippen molar-refractivity contribution >= 4 is 0 Å². The minimum atomic E-state index is -0.374. The Morgan fingerprint density at radius 1 is 1.06 bits per heavy atom. The number of hydrogen-bond acceptors (Lipinski definition) is 3. The predicted octanol–water partition coefficient (Wildman–Crippen LogP) is 3.22. The zero-order valence-electron chi connectivity index (χ0n) is 10.9. The van der Waals surface area contributed by atoms with Gasteiger partial charge < -0.3 is 4.74 Å². The normalized spacial score (nSPS) is 10.5. The number of aryl methyl sites for hydroxylation is 3. The summed E-state index contributed by atoms with van der Waals surface area (Å²) >= 11 is 0. The Bertz CT molecular complexity index is 576. The highest BCUT2D eigenvalue weighted by Crippen LogP contribution is 2.32.